The lowest BCUT2D eigenvalue weighted by atomic mass is 10.1. The summed E-state index contributed by atoms with van der Waals surface area (Å²) in [6, 6.07) is 0.319. The number of likely N-dealkylation sites (tertiary alicyclic amines) is 1. The quantitative estimate of drug-likeness (QED) is 0.287. The largest absolute Gasteiger partial charge is 0.481 e. The van der Waals surface area contributed by atoms with Crippen LogP contribution in [0.4, 0.5) is 0 Å². The lowest BCUT2D eigenvalue weighted by molar-refractivity contribution is -0.137. The van der Waals surface area contributed by atoms with Gasteiger partial charge in [0.15, 0.2) is 0 Å². The van der Waals surface area contributed by atoms with Crippen molar-refractivity contribution in [2.75, 3.05) is 13.1 Å². The summed E-state index contributed by atoms with van der Waals surface area (Å²) in [5, 5.41) is 18.7. The van der Waals surface area contributed by atoms with Crippen molar-refractivity contribution in [2.24, 2.45) is 0 Å². The Hall–Kier alpha value is -0.840. The van der Waals surface area contributed by atoms with Crippen molar-refractivity contribution >= 4 is 17.6 Å². The molecule has 25 heavy (non-hydrogen) atoms. The summed E-state index contributed by atoms with van der Waals surface area (Å²) >= 11 is 6.45. The van der Waals surface area contributed by atoms with Crippen LogP contribution in [-0.2, 0) is 4.79 Å². The molecule has 0 aromatic carbocycles. The zero-order valence-electron chi connectivity index (χ0n) is 15.4. The fourth-order valence-corrected chi connectivity index (χ4v) is 3.54. The predicted molar refractivity (Wildman–Crippen MR) is 104 cm³/mol. The predicted octanol–water partition coefficient (Wildman–Crippen LogP) is 4.37. The molecule has 3 atom stereocenters. The van der Waals surface area contributed by atoms with E-state index in [1.54, 1.807) is 0 Å². The molecule has 2 N–H and O–H groups in total. The second kappa shape index (κ2) is 13.4. The molecule has 1 aliphatic heterocycles. The Bertz CT molecular complexity index is 425. The molecule has 0 aromatic heterocycles. The molecule has 1 rings (SSSR count). The number of halogens is 1. The van der Waals surface area contributed by atoms with Gasteiger partial charge in [-0.15, -0.1) is 11.6 Å². The lowest BCUT2D eigenvalue weighted by Gasteiger charge is -2.23. The molecule has 1 fully saturated rings. The third-order valence-corrected chi connectivity index (χ3v) is 5.19. The number of aliphatic hydroxyl groups is 1. The number of allylic oxidation sites excluding steroid dienone is 1. The number of nitrogens with zero attached hydrogens (tertiary/aromatic N) is 1. The molecule has 0 spiro atoms. The van der Waals surface area contributed by atoms with Crippen molar-refractivity contribution in [3.63, 3.8) is 0 Å². The molecule has 1 saturated heterocycles. The first-order valence-electron chi connectivity index (χ1n) is 9.64. The SMILES string of the molecule is CCCCCC(O)C=CCN1CCC(Cl)[C@@H]1CC=CCCCC(=O)O. The van der Waals surface area contributed by atoms with E-state index in [2.05, 4.69) is 30.1 Å². The van der Waals surface area contributed by atoms with Crippen LogP contribution in [0.15, 0.2) is 24.3 Å². The summed E-state index contributed by atoms with van der Waals surface area (Å²) in [6.45, 7) is 3.98. The molecule has 5 heteroatoms. The normalized spacial score (nSPS) is 23.0. The van der Waals surface area contributed by atoms with Crippen molar-refractivity contribution in [3.8, 4) is 0 Å². The van der Waals surface area contributed by atoms with E-state index in [1.807, 2.05) is 6.08 Å². The molecular weight excluding hydrogens is 338 g/mol. The molecule has 0 aliphatic carbocycles. The Kier molecular flexibility index (Phi) is 11.9. The van der Waals surface area contributed by atoms with Crippen molar-refractivity contribution in [3.05, 3.63) is 24.3 Å². The molecule has 0 saturated carbocycles. The number of carbonyl (C=O) groups is 1. The van der Waals surface area contributed by atoms with E-state index in [1.165, 1.54) is 12.8 Å². The standard InChI is InChI=1S/C20H34ClNO3/c1-2-3-6-10-17(23)11-9-15-22-16-14-18(21)19(22)12-7-4-5-8-13-20(24)25/h4,7,9,11,17-19,23H,2-3,5-6,8,10,12-16H2,1H3,(H,24,25)/t17?,18?,19-/m0/s1. The third kappa shape index (κ3) is 10.0. The van der Waals surface area contributed by atoms with Gasteiger partial charge in [-0.2, -0.15) is 0 Å². The number of aliphatic carboxylic acids is 1. The molecule has 0 aromatic rings. The van der Waals surface area contributed by atoms with E-state index in [9.17, 15) is 9.90 Å². The van der Waals surface area contributed by atoms with Gasteiger partial charge in [-0.25, -0.2) is 0 Å². The van der Waals surface area contributed by atoms with E-state index < -0.39 is 5.97 Å². The zero-order chi connectivity index (χ0) is 18.5. The van der Waals surface area contributed by atoms with Crippen LogP contribution in [0.25, 0.3) is 0 Å². The monoisotopic (exact) mass is 371 g/mol. The van der Waals surface area contributed by atoms with Crippen LogP contribution < -0.4 is 0 Å². The van der Waals surface area contributed by atoms with E-state index in [4.69, 9.17) is 16.7 Å². The maximum atomic E-state index is 10.5. The molecule has 2 unspecified atom stereocenters. The van der Waals surface area contributed by atoms with Crippen LogP contribution >= 0.6 is 11.6 Å². The first-order valence-corrected chi connectivity index (χ1v) is 10.1. The van der Waals surface area contributed by atoms with Gasteiger partial charge in [-0.3, -0.25) is 9.69 Å². The van der Waals surface area contributed by atoms with Crippen LogP contribution in [0.5, 0.6) is 0 Å². The van der Waals surface area contributed by atoms with Crippen LogP contribution in [-0.4, -0.2) is 51.7 Å². The van der Waals surface area contributed by atoms with E-state index in [0.29, 0.717) is 12.5 Å². The van der Waals surface area contributed by atoms with Crippen LogP contribution in [0, 0.1) is 0 Å². The van der Waals surface area contributed by atoms with Crippen LogP contribution in [0.2, 0.25) is 0 Å². The summed E-state index contributed by atoms with van der Waals surface area (Å²) < 4.78 is 0. The molecule has 1 heterocycles. The van der Waals surface area contributed by atoms with Gasteiger partial charge in [0.2, 0.25) is 0 Å². The number of carboxylic acids is 1. The van der Waals surface area contributed by atoms with Crippen LogP contribution in [0.3, 0.4) is 0 Å². The number of alkyl halides is 1. The summed E-state index contributed by atoms with van der Waals surface area (Å²) in [5.41, 5.74) is 0. The number of carboxylic acid groups (broad SMARTS) is 1. The molecule has 0 amide bonds. The first-order chi connectivity index (χ1) is 12.0. The Labute approximate surface area is 157 Å². The van der Waals surface area contributed by atoms with Crippen molar-refractivity contribution in [1.82, 2.24) is 4.90 Å². The highest BCUT2D eigenvalue weighted by molar-refractivity contribution is 6.21. The minimum atomic E-state index is -0.736. The maximum Gasteiger partial charge on any atom is 0.303 e. The van der Waals surface area contributed by atoms with Gasteiger partial charge in [0.05, 0.1) is 11.5 Å². The summed E-state index contributed by atoms with van der Waals surface area (Å²) in [6.07, 6.45) is 15.7. The number of hydrogen-bond donors (Lipinski definition) is 2. The molecule has 4 nitrogen and oxygen atoms in total. The summed E-state index contributed by atoms with van der Waals surface area (Å²) in [7, 11) is 0. The van der Waals surface area contributed by atoms with Gasteiger partial charge >= 0.3 is 5.97 Å². The minimum absolute atomic E-state index is 0.159. The number of hydrogen-bond acceptors (Lipinski definition) is 3. The van der Waals surface area contributed by atoms with Gasteiger partial charge in [0.1, 0.15) is 0 Å². The fraction of sp³-hybridized carbons (Fsp3) is 0.750. The van der Waals surface area contributed by atoms with Gasteiger partial charge in [0.25, 0.3) is 0 Å². The lowest BCUT2D eigenvalue weighted by Crippen LogP contribution is -2.33. The van der Waals surface area contributed by atoms with Gasteiger partial charge in [-0.1, -0.05) is 50.5 Å². The summed E-state index contributed by atoms with van der Waals surface area (Å²) in [5.74, 6) is -0.736. The second-order valence-electron chi connectivity index (χ2n) is 6.85. The first kappa shape index (κ1) is 22.2. The maximum absolute atomic E-state index is 10.5. The van der Waals surface area contributed by atoms with E-state index in [0.717, 1.165) is 45.2 Å². The Morgan fingerprint density at radius 2 is 2.08 bits per heavy atom. The highest BCUT2D eigenvalue weighted by atomic mass is 35.5. The van der Waals surface area contributed by atoms with Crippen molar-refractivity contribution in [2.45, 2.75) is 82.2 Å². The highest BCUT2D eigenvalue weighted by Crippen LogP contribution is 2.25. The second-order valence-corrected chi connectivity index (χ2v) is 7.41. The van der Waals surface area contributed by atoms with E-state index >= 15 is 0 Å². The van der Waals surface area contributed by atoms with Crippen LogP contribution in [0.1, 0.15) is 64.7 Å². The molecule has 144 valence electrons. The van der Waals surface area contributed by atoms with Gasteiger partial charge in [0, 0.05) is 25.6 Å². The topological polar surface area (TPSA) is 60.8 Å². The minimum Gasteiger partial charge on any atom is -0.481 e. The summed E-state index contributed by atoms with van der Waals surface area (Å²) in [4.78, 5) is 12.8. The highest BCUT2D eigenvalue weighted by Gasteiger charge is 2.30. The Morgan fingerprint density at radius 1 is 1.28 bits per heavy atom. The van der Waals surface area contributed by atoms with Gasteiger partial charge in [-0.05, 0) is 32.1 Å². The molecule has 0 radical (unpaired) electrons. The zero-order valence-corrected chi connectivity index (χ0v) is 16.2. The van der Waals surface area contributed by atoms with Gasteiger partial charge < -0.3 is 10.2 Å². The molecule has 0 bridgehead atoms. The number of unbranched alkanes of at least 4 members (excludes halogenated alkanes) is 3. The average molecular weight is 372 g/mol. The average Bonchev–Trinajstić information content (AvgIpc) is 2.91. The Balaban J connectivity index is 2.30. The van der Waals surface area contributed by atoms with E-state index in [-0.39, 0.29) is 17.9 Å². The molecular formula is C20H34ClNO3. The fourth-order valence-electron chi connectivity index (χ4n) is 3.18. The smallest absolute Gasteiger partial charge is 0.303 e. The van der Waals surface area contributed by atoms with Crippen molar-refractivity contribution < 1.29 is 15.0 Å². The van der Waals surface area contributed by atoms with Crippen molar-refractivity contribution in [1.29, 1.82) is 0 Å². The third-order valence-electron chi connectivity index (χ3n) is 4.69. The molecule has 1 aliphatic rings. The number of rotatable bonds is 13. The number of aliphatic hydroxyl groups excluding tert-OH is 1. The Morgan fingerprint density at radius 3 is 2.80 bits per heavy atom.